The molecule has 1 aromatic heterocycles. The number of hydrogen-bond acceptors (Lipinski definition) is 2. The Hall–Kier alpha value is -0.830. The highest BCUT2D eigenvalue weighted by Gasteiger charge is 2.12. The van der Waals surface area contributed by atoms with Crippen molar-refractivity contribution in [1.29, 1.82) is 0 Å². The topological polar surface area (TPSA) is 43.8 Å². The van der Waals surface area contributed by atoms with Crippen LogP contribution in [0.4, 0.5) is 0 Å². The van der Waals surface area contributed by atoms with Gasteiger partial charge in [-0.15, -0.1) is 0 Å². The minimum atomic E-state index is 0.654. The van der Waals surface area contributed by atoms with Gasteiger partial charge < -0.3 is 10.3 Å². The van der Waals surface area contributed by atoms with Crippen LogP contribution < -0.4 is 5.73 Å². The molecule has 14 heavy (non-hydrogen) atoms. The summed E-state index contributed by atoms with van der Waals surface area (Å²) in [6.07, 6.45) is 1.98. The smallest absolute Gasteiger partial charge is 0.105 e. The Morgan fingerprint density at radius 1 is 1.43 bits per heavy atom. The molecule has 0 aliphatic heterocycles. The fourth-order valence-electron chi connectivity index (χ4n) is 1.72. The third-order valence-electron chi connectivity index (χ3n) is 2.50. The summed E-state index contributed by atoms with van der Waals surface area (Å²) < 4.78 is 2.16. The number of aromatic nitrogens is 2. The lowest BCUT2D eigenvalue weighted by atomic mass is 10.1. The van der Waals surface area contributed by atoms with Crippen molar-refractivity contribution in [2.75, 3.05) is 6.54 Å². The number of imidazole rings is 1. The summed E-state index contributed by atoms with van der Waals surface area (Å²) in [5.74, 6) is 1.74. The van der Waals surface area contributed by atoms with E-state index in [4.69, 9.17) is 5.73 Å². The van der Waals surface area contributed by atoms with E-state index in [1.807, 2.05) is 6.92 Å². The average molecular weight is 195 g/mol. The number of nitrogens with zero attached hydrogens (tertiary/aromatic N) is 2. The van der Waals surface area contributed by atoms with Gasteiger partial charge in [-0.25, -0.2) is 4.98 Å². The highest BCUT2D eigenvalue weighted by molar-refractivity contribution is 5.17. The van der Waals surface area contributed by atoms with Crippen LogP contribution in [0, 0.1) is 12.8 Å². The second kappa shape index (κ2) is 4.60. The Balaban J connectivity index is 2.96. The molecule has 1 rings (SSSR count). The second-order valence-corrected chi connectivity index (χ2v) is 4.25. The quantitative estimate of drug-likeness (QED) is 0.790. The summed E-state index contributed by atoms with van der Waals surface area (Å²) >= 11 is 0. The molecule has 3 heteroatoms. The molecule has 0 atom stereocenters. The Morgan fingerprint density at radius 2 is 2.07 bits per heavy atom. The van der Waals surface area contributed by atoms with Crippen molar-refractivity contribution in [3.05, 3.63) is 17.2 Å². The molecule has 0 aliphatic carbocycles. The lowest BCUT2D eigenvalue weighted by Crippen LogP contribution is -2.10. The van der Waals surface area contributed by atoms with Crippen LogP contribution in [0.3, 0.4) is 0 Å². The summed E-state index contributed by atoms with van der Waals surface area (Å²) in [6.45, 7) is 7.18. The van der Waals surface area contributed by atoms with Crippen LogP contribution in [0.1, 0.15) is 31.1 Å². The first-order valence-electron chi connectivity index (χ1n) is 5.27. The van der Waals surface area contributed by atoms with E-state index < -0.39 is 0 Å². The molecule has 0 radical (unpaired) electrons. The van der Waals surface area contributed by atoms with Crippen LogP contribution in [-0.4, -0.2) is 16.1 Å². The van der Waals surface area contributed by atoms with E-state index >= 15 is 0 Å². The molecular weight excluding hydrogens is 174 g/mol. The van der Waals surface area contributed by atoms with Crippen molar-refractivity contribution in [3.8, 4) is 0 Å². The number of rotatable bonds is 4. The number of hydrogen-bond donors (Lipinski definition) is 1. The summed E-state index contributed by atoms with van der Waals surface area (Å²) in [6, 6.07) is 0. The van der Waals surface area contributed by atoms with Gasteiger partial charge in [0.2, 0.25) is 0 Å². The van der Waals surface area contributed by atoms with E-state index in [-0.39, 0.29) is 0 Å². The first kappa shape index (κ1) is 11.2. The number of nitrogens with two attached hydrogens (primary N) is 1. The molecule has 0 saturated heterocycles. The van der Waals surface area contributed by atoms with Gasteiger partial charge in [0, 0.05) is 19.2 Å². The molecule has 2 N–H and O–H groups in total. The fraction of sp³-hybridized carbons (Fsp3) is 0.727. The van der Waals surface area contributed by atoms with Crippen molar-refractivity contribution < 1.29 is 0 Å². The van der Waals surface area contributed by atoms with Gasteiger partial charge in [0.05, 0.1) is 5.69 Å². The maximum atomic E-state index is 5.60. The molecule has 0 fully saturated rings. The molecule has 0 aliphatic rings. The Bertz CT molecular complexity index is 300. The van der Waals surface area contributed by atoms with Gasteiger partial charge in [0.1, 0.15) is 5.82 Å². The molecule has 0 unspecified atom stereocenters. The van der Waals surface area contributed by atoms with Gasteiger partial charge in [-0.2, -0.15) is 0 Å². The molecule has 0 saturated carbocycles. The van der Waals surface area contributed by atoms with E-state index in [1.165, 1.54) is 11.4 Å². The molecular formula is C11H21N3. The van der Waals surface area contributed by atoms with E-state index in [0.29, 0.717) is 12.5 Å². The zero-order valence-corrected chi connectivity index (χ0v) is 9.67. The molecule has 80 valence electrons. The summed E-state index contributed by atoms with van der Waals surface area (Å²) in [4.78, 5) is 4.58. The van der Waals surface area contributed by atoms with Crippen molar-refractivity contribution in [2.45, 2.75) is 33.6 Å². The maximum Gasteiger partial charge on any atom is 0.105 e. The summed E-state index contributed by atoms with van der Waals surface area (Å²) in [5, 5.41) is 0. The van der Waals surface area contributed by atoms with Crippen molar-refractivity contribution in [1.82, 2.24) is 9.55 Å². The molecule has 0 aromatic carbocycles. The molecule has 0 spiro atoms. The molecule has 0 bridgehead atoms. The van der Waals surface area contributed by atoms with Crippen molar-refractivity contribution in [3.63, 3.8) is 0 Å². The van der Waals surface area contributed by atoms with Crippen LogP contribution in [-0.2, 0) is 19.9 Å². The third-order valence-corrected chi connectivity index (χ3v) is 2.50. The lowest BCUT2D eigenvalue weighted by molar-refractivity contribution is 0.629. The molecule has 1 aromatic rings. The Morgan fingerprint density at radius 3 is 2.57 bits per heavy atom. The minimum absolute atomic E-state index is 0.654. The highest BCUT2D eigenvalue weighted by Crippen LogP contribution is 2.14. The van der Waals surface area contributed by atoms with E-state index in [2.05, 4.69) is 30.4 Å². The predicted molar refractivity (Wildman–Crippen MR) is 59.2 cm³/mol. The number of aryl methyl sites for hydroxylation is 1. The zero-order valence-electron chi connectivity index (χ0n) is 9.67. The first-order chi connectivity index (χ1) is 6.56. The van der Waals surface area contributed by atoms with Crippen LogP contribution >= 0.6 is 0 Å². The summed E-state index contributed by atoms with van der Waals surface area (Å²) in [7, 11) is 2.07. The summed E-state index contributed by atoms with van der Waals surface area (Å²) in [5.41, 5.74) is 8.13. The van der Waals surface area contributed by atoms with Crippen LogP contribution in [0.2, 0.25) is 0 Å². The van der Waals surface area contributed by atoms with Gasteiger partial charge in [0.15, 0.2) is 0 Å². The van der Waals surface area contributed by atoms with E-state index in [0.717, 1.165) is 18.7 Å². The van der Waals surface area contributed by atoms with Crippen molar-refractivity contribution >= 4 is 0 Å². The monoisotopic (exact) mass is 195 g/mol. The Labute approximate surface area is 86.3 Å². The van der Waals surface area contributed by atoms with Gasteiger partial charge in [0.25, 0.3) is 0 Å². The lowest BCUT2D eigenvalue weighted by Gasteiger charge is -2.06. The normalized spacial score (nSPS) is 11.3. The van der Waals surface area contributed by atoms with Crippen LogP contribution in [0.15, 0.2) is 0 Å². The molecule has 1 heterocycles. The first-order valence-corrected chi connectivity index (χ1v) is 5.27. The predicted octanol–water partition coefficient (Wildman–Crippen LogP) is 1.43. The third kappa shape index (κ3) is 2.35. The van der Waals surface area contributed by atoms with Crippen LogP contribution in [0.25, 0.3) is 0 Å². The van der Waals surface area contributed by atoms with E-state index in [9.17, 15) is 0 Å². The maximum absolute atomic E-state index is 5.60. The van der Waals surface area contributed by atoms with Gasteiger partial charge in [-0.1, -0.05) is 13.8 Å². The van der Waals surface area contributed by atoms with Gasteiger partial charge in [-0.3, -0.25) is 0 Å². The average Bonchev–Trinajstić information content (AvgIpc) is 2.32. The van der Waals surface area contributed by atoms with Crippen molar-refractivity contribution in [2.24, 2.45) is 18.7 Å². The second-order valence-electron chi connectivity index (χ2n) is 4.25. The van der Waals surface area contributed by atoms with Gasteiger partial charge in [-0.05, 0) is 25.8 Å². The minimum Gasteiger partial charge on any atom is -0.335 e. The largest absolute Gasteiger partial charge is 0.335 e. The molecule has 3 nitrogen and oxygen atoms in total. The standard InChI is InChI=1S/C11H21N3/c1-8(2)7-10-11(5-6-12)14(4)9(3)13-10/h8H,5-7,12H2,1-4H3. The zero-order chi connectivity index (χ0) is 10.7. The van der Waals surface area contributed by atoms with Gasteiger partial charge >= 0.3 is 0 Å². The molecule has 0 amide bonds. The highest BCUT2D eigenvalue weighted by atomic mass is 15.1. The van der Waals surface area contributed by atoms with E-state index in [1.54, 1.807) is 0 Å². The SMILES string of the molecule is Cc1nc(CC(C)C)c(CCN)n1C. The Kier molecular flexibility index (Phi) is 3.69. The van der Waals surface area contributed by atoms with Crippen LogP contribution in [0.5, 0.6) is 0 Å². The fourth-order valence-corrected chi connectivity index (χ4v) is 1.72.